The Balaban J connectivity index is 2.25. The summed E-state index contributed by atoms with van der Waals surface area (Å²) < 4.78 is 42.6. The van der Waals surface area contributed by atoms with Crippen LogP contribution in [0, 0.1) is 0 Å². The lowest BCUT2D eigenvalue weighted by atomic mass is 9.95. The van der Waals surface area contributed by atoms with Crippen molar-refractivity contribution in [3.05, 3.63) is 28.3 Å². The molecule has 1 unspecified atom stereocenters. The van der Waals surface area contributed by atoms with Gasteiger partial charge in [0.15, 0.2) is 0 Å². The molecule has 0 radical (unpaired) electrons. The van der Waals surface area contributed by atoms with Crippen molar-refractivity contribution in [2.24, 2.45) is 0 Å². The number of alkyl halides is 3. The average molecular weight is 308 g/mol. The summed E-state index contributed by atoms with van der Waals surface area (Å²) in [4.78, 5) is 11.2. The zero-order chi connectivity index (χ0) is 14.9. The lowest BCUT2D eigenvalue weighted by Gasteiger charge is -2.29. The van der Waals surface area contributed by atoms with Crippen molar-refractivity contribution in [1.82, 2.24) is 0 Å². The topological polar surface area (TPSA) is 38.3 Å². The molecule has 0 fully saturated rings. The molecule has 1 aromatic carbocycles. The fraction of sp³-hybridized carbons (Fsp3) is 0.462. The Morgan fingerprint density at radius 2 is 2.20 bits per heavy atom. The van der Waals surface area contributed by atoms with Gasteiger partial charge < -0.3 is 10.1 Å². The van der Waals surface area contributed by atoms with E-state index in [2.05, 4.69) is 10.1 Å². The van der Waals surface area contributed by atoms with Crippen LogP contribution in [-0.4, -0.2) is 25.3 Å². The van der Waals surface area contributed by atoms with Gasteiger partial charge in [-0.1, -0.05) is 17.7 Å². The number of carbonyl (C=O) groups is 1. The largest absolute Gasteiger partial charge is 0.469 e. The molecule has 7 heteroatoms. The highest BCUT2D eigenvalue weighted by Crippen LogP contribution is 2.37. The molecule has 0 spiro atoms. The zero-order valence-electron chi connectivity index (χ0n) is 10.7. The van der Waals surface area contributed by atoms with Crippen LogP contribution in [0.15, 0.2) is 12.1 Å². The van der Waals surface area contributed by atoms with Gasteiger partial charge in [0, 0.05) is 0 Å². The third kappa shape index (κ3) is 3.17. The van der Waals surface area contributed by atoms with Crippen molar-refractivity contribution in [3.8, 4) is 0 Å². The maximum atomic E-state index is 12.7. The van der Waals surface area contributed by atoms with Crippen LogP contribution in [0.2, 0.25) is 5.02 Å². The van der Waals surface area contributed by atoms with Gasteiger partial charge in [-0.25, -0.2) is 0 Å². The van der Waals surface area contributed by atoms with E-state index in [-0.39, 0.29) is 24.3 Å². The van der Waals surface area contributed by atoms with Crippen LogP contribution in [0.3, 0.4) is 0 Å². The second-order valence-corrected chi connectivity index (χ2v) is 5.05. The molecule has 0 amide bonds. The summed E-state index contributed by atoms with van der Waals surface area (Å²) in [5.74, 6) is -0.419. The number of methoxy groups -OCH3 is 1. The highest BCUT2D eigenvalue weighted by Gasteiger charge is 2.41. The van der Waals surface area contributed by atoms with Crippen LogP contribution in [-0.2, 0) is 22.4 Å². The summed E-state index contributed by atoms with van der Waals surface area (Å²) in [6.07, 6.45) is -4.03. The average Bonchev–Trinajstić information content (AvgIpc) is 2.37. The van der Waals surface area contributed by atoms with Crippen LogP contribution in [0.4, 0.5) is 18.9 Å². The minimum absolute atomic E-state index is 0.0471. The molecular weight excluding hydrogens is 295 g/mol. The monoisotopic (exact) mass is 307 g/mol. The van der Waals surface area contributed by atoms with Gasteiger partial charge in [-0.15, -0.1) is 0 Å². The molecule has 0 saturated heterocycles. The molecule has 20 heavy (non-hydrogen) atoms. The van der Waals surface area contributed by atoms with Gasteiger partial charge in [0.05, 0.1) is 24.2 Å². The van der Waals surface area contributed by atoms with Crippen molar-refractivity contribution in [2.75, 3.05) is 12.4 Å². The number of ether oxygens (including phenoxy) is 1. The molecular formula is C13H13ClF3NO2. The van der Waals surface area contributed by atoms with E-state index in [1.165, 1.54) is 13.2 Å². The number of esters is 1. The molecule has 1 aliphatic rings. The number of aryl methyl sites for hydroxylation is 1. The molecule has 0 bridgehead atoms. The molecule has 1 heterocycles. The molecule has 1 N–H and O–H groups in total. The molecule has 110 valence electrons. The van der Waals surface area contributed by atoms with E-state index in [1.807, 2.05) is 0 Å². The molecule has 1 atom stereocenters. The van der Waals surface area contributed by atoms with Gasteiger partial charge in [0.25, 0.3) is 0 Å². The van der Waals surface area contributed by atoms with E-state index in [0.29, 0.717) is 16.8 Å². The second-order valence-electron chi connectivity index (χ2n) is 4.64. The van der Waals surface area contributed by atoms with Crippen LogP contribution in [0.1, 0.15) is 17.5 Å². The highest BCUT2D eigenvalue weighted by molar-refractivity contribution is 6.33. The third-order valence-corrected chi connectivity index (χ3v) is 3.52. The van der Waals surface area contributed by atoms with Crippen molar-refractivity contribution in [3.63, 3.8) is 0 Å². The summed E-state index contributed by atoms with van der Waals surface area (Å²) in [5.41, 5.74) is 1.62. The minimum atomic E-state index is -4.30. The van der Waals surface area contributed by atoms with Crippen molar-refractivity contribution in [1.29, 1.82) is 0 Å². The summed E-state index contributed by atoms with van der Waals surface area (Å²) in [6.45, 7) is 0. The van der Waals surface area contributed by atoms with Gasteiger partial charge in [0.1, 0.15) is 6.04 Å². The maximum Gasteiger partial charge on any atom is 0.408 e. The minimum Gasteiger partial charge on any atom is -0.469 e. The first-order valence-corrected chi connectivity index (χ1v) is 6.40. The van der Waals surface area contributed by atoms with Gasteiger partial charge in [-0.3, -0.25) is 4.79 Å². The standard InChI is InChI=1S/C13H13ClF3NO2/c1-20-11(19)6-7-4-8-2-3-10(13(15,16)17)18-12(8)9(14)5-7/h4-5,10,18H,2-3,6H2,1H3. The number of hydrogen-bond acceptors (Lipinski definition) is 3. The summed E-state index contributed by atoms with van der Waals surface area (Å²) in [5, 5.41) is 2.62. The Morgan fingerprint density at radius 3 is 2.80 bits per heavy atom. The van der Waals surface area contributed by atoms with Crippen LogP contribution in [0.5, 0.6) is 0 Å². The second kappa shape index (κ2) is 5.52. The van der Waals surface area contributed by atoms with E-state index in [9.17, 15) is 18.0 Å². The Morgan fingerprint density at radius 1 is 1.50 bits per heavy atom. The normalized spacial score (nSPS) is 18.1. The lowest BCUT2D eigenvalue weighted by molar-refractivity contribution is -0.144. The first-order valence-electron chi connectivity index (χ1n) is 6.02. The molecule has 0 aliphatic carbocycles. The quantitative estimate of drug-likeness (QED) is 0.852. The number of fused-ring (bicyclic) bond motifs is 1. The Hall–Kier alpha value is -1.43. The van der Waals surface area contributed by atoms with Gasteiger partial charge in [0.2, 0.25) is 0 Å². The molecule has 0 saturated carbocycles. The maximum absolute atomic E-state index is 12.7. The van der Waals surface area contributed by atoms with E-state index in [1.54, 1.807) is 6.07 Å². The fourth-order valence-corrected chi connectivity index (χ4v) is 2.53. The van der Waals surface area contributed by atoms with E-state index in [4.69, 9.17) is 11.6 Å². The molecule has 3 nitrogen and oxygen atoms in total. The molecule has 1 aliphatic heterocycles. The van der Waals surface area contributed by atoms with E-state index >= 15 is 0 Å². The number of rotatable bonds is 2. The van der Waals surface area contributed by atoms with Crippen molar-refractivity contribution >= 4 is 23.3 Å². The van der Waals surface area contributed by atoms with Gasteiger partial charge >= 0.3 is 12.1 Å². The number of halogens is 4. The van der Waals surface area contributed by atoms with Gasteiger partial charge in [-0.2, -0.15) is 13.2 Å². The van der Waals surface area contributed by atoms with Crippen LogP contribution >= 0.6 is 11.6 Å². The first-order chi connectivity index (χ1) is 9.31. The molecule has 1 aromatic rings. The number of nitrogens with one attached hydrogen (secondary N) is 1. The highest BCUT2D eigenvalue weighted by atomic mass is 35.5. The van der Waals surface area contributed by atoms with Crippen molar-refractivity contribution < 1.29 is 22.7 Å². The predicted molar refractivity (Wildman–Crippen MR) is 69.0 cm³/mol. The number of anilines is 1. The van der Waals surface area contributed by atoms with E-state index < -0.39 is 18.2 Å². The SMILES string of the molecule is COC(=O)Cc1cc(Cl)c2c(c1)CCC(C(F)(F)F)N2. The fourth-order valence-electron chi connectivity index (χ4n) is 2.22. The van der Waals surface area contributed by atoms with Crippen LogP contribution < -0.4 is 5.32 Å². The summed E-state index contributed by atoms with van der Waals surface area (Å²) in [6, 6.07) is 1.60. The molecule has 2 rings (SSSR count). The lowest BCUT2D eigenvalue weighted by Crippen LogP contribution is -2.39. The zero-order valence-corrected chi connectivity index (χ0v) is 11.4. The third-order valence-electron chi connectivity index (χ3n) is 3.22. The summed E-state index contributed by atoms with van der Waals surface area (Å²) >= 11 is 6.01. The van der Waals surface area contributed by atoms with Crippen molar-refractivity contribution in [2.45, 2.75) is 31.5 Å². The number of carbonyl (C=O) groups excluding carboxylic acids is 1. The van der Waals surface area contributed by atoms with Gasteiger partial charge in [-0.05, 0) is 30.0 Å². The van der Waals surface area contributed by atoms with E-state index in [0.717, 1.165) is 0 Å². The Kier molecular flexibility index (Phi) is 4.13. The Labute approximate surface area is 119 Å². The Bertz CT molecular complexity index is 531. The first kappa shape index (κ1) is 15.0. The number of benzene rings is 1. The molecule has 0 aromatic heterocycles. The smallest absolute Gasteiger partial charge is 0.408 e. The number of hydrogen-bond donors (Lipinski definition) is 1. The predicted octanol–water partition coefficient (Wildman–Crippen LogP) is 3.34. The van der Waals surface area contributed by atoms with Crippen LogP contribution in [0.25, 0.3) is 0 Å². The summed E-state index contributed by atoms with van der Waals surface area (Å²) in [7, 11) is 1.28.